The zero-order chi connectivity index (χ0) is 12.0. The summed E-state index contributed by atoms with van der Waals surface area (Å²) in [6, 6.07) is -0.601. The van der Waals surface area contributed by atoms with Crippen molar-refractivity contribution in [2.75, 3.05) is 5.88 Å². The molecule has 0 spiro atoms. The predicted octanol–water partition coefficient (Wildman–Crippen LogP) is -0.137. The standard InChI is InChI=1S/C8H12ClN5O2/c1-2-14-5-11-13-6(14)4-10-8(16)12-7(15)3-9/h5H,2-4H2,1H3,(H2,10,12,15,16). The quantitative estimate of drug-likeness (QED) is 0.723. The molecular formula is C8H12ClN5O2. The van der Waals surface area contributed by atoms with Crippen LogP contribution in [0, 0.1) is 0 Å². The average molecular weight is 246 g/mol. The molecule has 0 fully saturated rings. The second kappa shape index (κ2) is 6.06. The number of alkyl halides is 1. The van der Waals surface area contributed by atoms with Crippen LogP contribution in [0.3, 0.4) is 0 Å². The van der Waals surface area contributed by atoms with E-state index in [1.54, 1.807) is 10.9 Å². The van der Waals surface area contributed by atoms with Crippen molar-refractivity contribution < 1.29 is 9.59 Å². The van der Waals surface area contributed by atoms with E-state index >= 15 is 0 Å². The van der Waals surface area contributed by atoms with E-state index in [-0.39, 0.29) is 12.4 Å². The number of amides is 3. The lowest BCUT2D eigenvalue weighted by atomic mass is 10.5. The maximum atomic E-state index is 11.1. The van der Waals surface area contributed by atoms with E-state index in [4.69, 9.17) is 11.6 Å². The minimum Gasteiger partial charge on any atom is -0.330 e. The molecule has 16 heavy (non-hydrogen) atoms. The van der Waals surface area contributed by atoms with Crippen LogP contribution in [0.25, 0.3) is 0 Å². The zero-order valence-electron chi connectivity index (χ0n) is 8.73. The first-order valence-electron chi connectivity index (χ1n) is 4.67. The van der Waals surface area contributed by atoms with Gasteiger partial charge >= 0.3 is 6.03 Å². The topological polar surface area (TPSA) is 88.9 Å². The summed E-state index contributed by atoms with van der Waals surface area (Å²) in [6.45, 7) is 2.85. The van der Waals surface area contributed by atoms with Crippen molar-refractivity contribution in [3.63, 3.8) is 0 Å². The summed E-state index contributed by atoms with van der Waals surface area (Å²) >= 11 is 5.22. The summed E-state index contributed by atoms with van der Waals surface area (Å²) in [5, 5.41) is 12.0. The molecule has 8 heteroatoms. The highest BCUT2D eigenvalue weighted by molar-refractivity contribution is 6.28. The number of halogens is 1. The molecule has 0 aliphatic carbocycles. The van der Waals surface area contributed by atoms with E-state index in [0.29, 0.717) is 12.4 Å². The predicted molar refractivity (Wildman–Crippen MR) is 56.8 cm³/mol. The molecule has 0 radical (unpaired) electrons. The van der Waals surface area contributed by atoms with E-state index in [0.717, 1.165) is 0 Å². The van der Waals surface area contributed by atoms with E-state index in [1.165, 1.54) is 0 Å². The van der Waals surface area contributed by atoms with Gasteiger partial charge in [0.1, 0.15) is 12.2 Å². The van der Waals surface area contributed by atoms with Crippen molar-refractivity contribution in [3.05, 3.63) is 12.2 Å². The Kier molecular flexibility index (Phi) is 4.71. The summed E-state index contributed by atoms with van der Waals surface area (Å²) in [7, 11) is 0. The lowest BCUT2D eigenvalue weighted by molar-refractivity contribution is -0.117. The number of rotatable bonds is 4. The zero-order valence-corrected chi connectivity index (χ0v) is 9.49. The highest BCUT2D eigenvalue weighted by Gasteiger charge is 2.07. The van der Waals surface area contributed by atoms with E-state index in [2.05, 4.69) is 20.8 Å². The fourth-order valence-electron chi connectivity index (χ4n) is 1.04. The van der Waals surface area contributed by atoms with Crippen molar-refractivity contribution in [1.82, 2.24) is 25.4 Å². The lowest BCUT2D eigenvalue weighted by Crippen LogP contribution is -2.40. The summed E-state index contributed by atoms with van der Waals surface area (Å²) in [4.78, 5) is 21.9. The van der Waals surface area contributed by atoms with E-state index < -0.39 is 11.9 Å². The van der Waals surface area contributed by atoms with Gasteiger partial charge in [-0.1, -0.05) is 0 Å². The van der Waals surface area contributed by atoms with Crippen LogP contribution < -0.4 is 10.6 Å². The van der Waals surface area contributed by atoms with Crippen molar-refractivity contribution in [2.24, 2.45) is 0 Å². The molecule has 2 N–H and O–H groups in total. The molecule has 3 amide bonds. The van der Waals surface area contributed by atoms with E-state index in [1.807, 2.05) is 6.92 Å². The summed E-state index contributed by atoms with van der Waals surface area (Å²) in [5.41, 5.74) is 0. The monoisotopic (exact) mass is 245 g/mol. The Morgan fingerprint density at radius 1 is 1.56 bits per heavy atom. The van der Waals surface area contributed by atoms with Crippen LogP contribution in [0.15, 0.2) is 6.33 Å². The molecule has 88 valence electrons. The highest BCUT2D eigenvalue weighted by atomic mass is 35.5. The smallest absolute Gasteiger partial charge is 0.321 e. The van der Waals surface area contributed by atoms with Gasteiger partial charge in [-0.15, -0.1) is 21.8 Å². The first kappa shape index (κ1) is 12.4. The molecular weight excluding hydrogens is 234 g/mol. The molecule has 7 nitrogen and oxygen atoms in total. The summed E-state index contributed by atoms with van der Waals surface area (Å²) in [5.74, 6) is -0.175. The van der Waals surface area contributed by atoms with Gasteiger partial charge in [0.05, 0.1) is 6.54 Å². The molecule has 0 aliphatic heterocycles. The van der Waals surface area contributed by atoms with Gasteiger partial charge in [0.15, 0.2) is 5.82 Å². The van der Waals surface area contributed by atoms with Gasteiger partial charge in [0, 0.05) is 6.54 Å². The first-order valence-corrected chi connectivity index (χ1v) is 5.21. The number of urea groups is 1. The third kappa shape index (κ3) is 3.50. The molecule has 0 aliphatic rings. The average Bonchev–Trinajstić information content (AvgIpc) is 2.73. The first-order chi connectivity index (χ1) is 7.67. The Bertz CT molecular complexity index is 378. The van der Waals surface area contributed by atoms with Crippen LogP contribution >= 0.6 is 11.6 Å². The molecule has 0 unspecified atom stereocenters. The van der Waals surface area contributed by atoms with Gasteiger partial charge < -0.3 is 9.88 Å². The maximum Gasteiger partial charge on any atom is 0.321 e. The van der Waals surface area contributed by atoms with Crippen LogP contribution in [0.2, 0.25) is 0 Å². The van der Waals surface area contributed by atoms with Crippen LogP contribution in [-0.2, 0) is 17.9 Å². The molecule has 0 saturated heterocycles. The van der Waals surface area contributed by atoms with Crippen LogP contribution in [0.4, 0.5) is 4.79 Å². The minimum absolute atomic E-state index is 0.204. The van der Waals surface area contributed by atoms with Crippen LogP contribution in [0.1, 0.15) is 12.7 Å². The third-order valence-corrected chi connectivity index (χ3v) is 2.06. The second-order valence-electron chi connectivity index (χ2n) is 2.90. The Morgan fingerprint density at radius 2 is 2.31 bits per heavy atom. The number of aromatic nitrogens is 3. The molecule has 1 rings (SSSR count). The highest BCUT2D eigenvalue weighted by Crippen LogP contribution is 1.93. The Hall–Kier alpha value is -1.63. The van der Waals surface area contributed by atoms with Crippen LogP contribution in [-0.4, -0.2) is 32.6 Å². The Balaban J connectivity index is 2.40. The number of nitrogens with one attached hydrogen (secondary N) is 2. The fourth-order valence-corrected chi connectivity index (χ4v) is 1.11. The van der Waals surface area contributed by atoms with Gasteiger partial charge in [-0.2, -0.15) is 0 Å². The number of nitrogens with zero attached hydrogens (tertiary/aromatic N) is 3. The number of hydrogen-bond donors (Lipinski definition) is 2. The molecule has 1 aromatic rings. The SMILES string of the molecule is CCn1cnnc1CNC(=O)NC(=O)CCl. The number of carbonyl (C=O) groups excluding carboxylic acids is 2. The molecule has 0 aromatic carbocycles. The van der Waals surface area contributed by atoms with Crippen LogP contribution in [0.5, 0.6) is 0 Å². The Morgan fingerprint density at radius 3 is 2.94 bits per heavy atom. The lowest BCUT2D eigenvalue weighted by Gasteiger charge is -2.05. The fraction of sp³-hybridized carbons (Fsp3) is 0.500. The van der Waals surface area contributed by atoms with Crippen molar-refractivity contribution in [3.8, 4) is 0 Å². The number of hydrogen-bond acceptors (Lipinski definition) is 4. The van der Waals surface area contributed by atoms with Gasteiger partial charge in [0.25, 0.3) is 0 Å². The molecule has 0 bridgehead atoms. The largest absolute Gasteiger partial charge is 0.330 e. The van der Waals surface area contributed by atoms with E-state index in [9.17, 15) is 9.59 Å². The number of carbonyl (C=O) groups is 2. The number of aryl methyl sites for hydroxylation is 1. The summed E-state index contributed by atoms with van der Waals surface area (Å²) in [6.07, 6.45) is 1.57. The second-order valence-corrected chi connectivity index (χ2v) is 3.16. The normalized spacial score (nSPS) is 9.88. The van der Waals surface area contributed by atoms with Gasteiger partial charge in [-0.25, -0.2) is 4.79 Å². The molecule has 1 heterocycles. The van der Waals surface area contributed by atoms with Gasteiger partial charge in [0.2, 0.25) is 5.91 Å². The van der Waals surface area contributed by atoms with Crippen molar-refractivity contribution in [2.45, 2.75) is 20.0 Å². The summed E-state index contributed by atoms with van der Waals surface area (Å²) < 4.78 is 1.78. The Labute approximate surface area is 97.2 Å². The van der Waals surface area contributed by atoms with Crippen molar-refractivity contribution >= 4 is 23.5 Å². The van der Waals surface area contributed by atoms with Gasteiger partial charge in [-0.3, -0.25) is 10.1 Å². The minimum atomic E-state index is -0.601. The molecule has 0 atom stereocenters. The third-order valence-electron chi connectivity index (χ3n) is 1.82. The van der Waals surface area contributed by atoms with Crippen molar-refractivity contribution in [1.29, 1.82) is 0 Å². The van der Waals surface area contributed by atoms with Gasteiger partial charge in [-0.05, 0) is 6.92 Å². The molecule has 0 saturated carbocycles. The molecule has 1 aromatic heterocycles. The maximum absolute atomic E-state index is 11.1. The number of imide groups is 1.